The number of nitrogens with zero attached hydrogens (tertiary/aromatic N) is 3. The first kappa shape index (κ1) is 29.8. The molecule has 1 aromatic carbocycles. The number of rotatable bonds is 5. The van der Waals surface area contributed by atoms with Crippen LogP contribution in [0.25, 0.3) is 11.3 Å². The number of aryl methyl sites for hydroxylation is 2. The Morgan fingerprint density at radius 2 is 1.85 bits per heavy atom. The number of carbonyl (C=O) groups is 3. The summed E-state index contributed by atoms with van der Waals surface area (Å²) in [6, 6.07) is 12.0. The molecule has 0 atom stereocenters. The first-order valence-electron chi connectivity index (χ1n) is 12.8. The number of nitrogens with one attached hydrogen (secondary N) is 3. The Bertz CT molecular complexity index is 1340. The quantitative estimate of drug-likeness (QED) is 0.394. The first-order chi connectivity index (χ1) is 18.3. The molecule has 1 fully saturated rings. The zero-order valence-electron chi connectivity index (χ0n) is 23.9. The molecule has 0 unspecified atom stereocenters. The summed E-state index contributed by atoms with van der Waals surface area (Å²) in [5, 5.41) is 17.3. The third-order valence-electron chi connectivity index (χ3n) is 6.59. The van der Waals surface area contributed by atoms with E-state index in [1.54, 1.807) is 18.7 Å². The Morgan fingerprint density at radius 1 is 1.13 bits per heavy atom. The summed E-state index contributed by atoms with van der Waals surface area (Å²) < 4.78 is 0. The van der Waals surface area contributed by atoms with Gasteiger partial charge in [-0.15, -0.1) is 11.3 Å². The fourth-order valence-electron chi connectivity index (χ4n) is 4.08. The molecule has 39 heavy (non-hydrogen) atoms. The summed E-state index contributed by atoms with van der Waals surface area (Å²) in [6.07, 6.45) is 0.573. The van der Waals surface area contributed by atoms with Gasteiger partial charge in [0.05, 0.1) is 17.0 Å². The van der Waals surface area contributed by atoms with E-state index in [2.05, 4.69) is 72.0 Å². The standard InChI is InChI=1S/C16H23N3O3S.C13H15N3/c1-15(2,3)11-8-10(12(23-11)18-9-20)13(21)19-7-6-17-14(22)16(19,4)5;1-9-4-6-11(14-3)8-12(9)13-7-5-10(2)15-16-13/h8-9H,6-7H2,1-5H3,(H,17,22)(H,18,20);4-8,14H,1-3H3. The molecule has 0 radical (unpaired) electrons. The molecule has 208 valence electrons. The minimum absolute atomic E-state index is 0.128. The monoisotopic (exact) mass is 550 g/mol. The largest absolute Gasteiger partial charge is 0.388 e. The van der Waals surface area contributed by atoms with Crippen molar-refractivity contribution in [2.45, 2.75) is 59.4 Å². The number of benzene rings is 1. The van der Waals surface area contributed by atoms with E-state index in [9.17, 15) is 14.4 Å². The molecule has 3 aromatic rings. The van der Waals surface area contributed by atoms with Crippen LogP contribution < -0.4 is 16.0 Å². The number of aromatic nitrogens is 2. The van der Waals surface area contributed by atoms with Crippen LogP contribution >= 0.6 is 11.3 Å². The molecule has 1 saturated heterocycles. The number of thiophene rings is 1. The second-order valence-corrected chi connectivity index (χ2v) is 12.0. The van der Waals surface area contributed by atoms with Crippen LogP contribution in [0.15, 0.2) is 36.4 Å². The number of anilines is 2. The molecule has 1 aliphatic heterocycles. The van der Waals surface area contributed by atoms with Crippen molar-refractivity contribution in [3.63, 3.8) is 0 Å². The van der Waals surface area contributed by atoms with Gasteiger partial charge in [0.1, 0.15) is 10.5 Å². The second-order valence-electron chi connectivity index (χ2n) is 11.0. The Morgan fingerprint density at radius 3 is 2.44 bits per heavy atom. The van der Waals surface area contributed by atoms with Crippen molar-refractivity contribution >= 4 is 40.2 Å². The van der Waals surface area contributed by atoms with Gasteiger partial charge in [0, 0.05) is 36.3 Å². The Labute approximate surface area is 234 Å². The van der Waals surface area contributed by atoms with E-state index >= 15 is 0 Å². The van der Waals surface area contributed by atoms with Crippen LogP contribution in [0.4, 0.5) is 10.7 Å². The average Bonchev–Trinajstić information content (AvgIpc) is 3.31. The normalized spacial score (nSPS) is 14.6. The molecule has 10 heteroatoms. The predicted octanol–water partition coefficient (Wildman–Crippen LogP) is 4.77. The minimum Gasteiger partial charge on any atom is -0.388 e. The van der Waals surface area contributed by atoms with E-state index in [0.717, 1.165) is 27.5 Å². The van der Waals surface area contributed by atoms with Crippen LogP contribution in [-0.2, 0) is 15.0 Å². The van der Waals surface area contributed by atoms with Gasteiger partial charge in [0.15, 0.2) is 0 Å². The van der Waals surface area contributed by atoms with Crippen molar-refractivity contribution in [2.75, 3.05) is 30.8 Å². The summed E-state index contributed by atoms with van der Waals surface area (Å²) in [6.45, 7) is 14.5. The van der Waals surface area contributed by atoms with Gasteiger partial charge in [-0.3, -0.25) is 14.4 Å². The highest BCUT2D eigenvalue weighted by molar-refractivity contribution is 7.16. The van der Waals surface area contributed by atoms with Gasteiger partial charge in [-0.05, 0) is 69.0 Å². The van der Waals surface area contributed by atoms with Gasteiger partial charge in [-0.2, -0.15) is 10.2 Å². The Balaban J connectivity index is 0.000000230. The molecular formula is C29H38N6O3S. The van der Waals surface area contributed by atoms with Gasteiger partial charge in [-0.25, -0.2) is 0 Å². The van der Waals surface area contributed by atoms with E-state index in [1.165, 1.54) is 16.9 Å². The summed E-state index contributed by atoms with van der Waals surface area (Å²) >= 11 is 1.39. The zero-order chi connectivity index (χ0) is 29.0. The maximum Gasteiger partial charge on any atom is 0.257 e. The van der Waals surface area contributed by atoms with Gasteiger partial charge in [0.2, 0.25) is 12.3 Å². The highest BCUT2D eigenvalue weighted by Crippen LogP contribution is 2.37. The Kier molecular flexibility index (Phi) is 9.11. The van der Waals surface area contributed by atoms with E-state index in [-0.39, 0.29) is 17.2 Å². The predicted molar refractivity (Wildman–Crippen MR) is 157 cm³/mol. The molecule has 1 aliphatic rings. The van der Waals surface area contributed by atoms with E-state index in [4.69, 9.17) is 0 Å². The van der Waals surface area contributed by atoms with Crippen LogP contribution in [0, 0.1) is 13.8 Å². The van der Waals surface area contributed by atoms with Gasteiger partial charge >= 0.3 is 0 Å². The highest BCUT2D eigenvalue weighted by Gasteiger charge is 2.41. The number of amides is 3. The molecule has 0 bridgehead atoms. The lowest BCUT2D eigenvalue weighted by Crippen LogP contribution is -2.63. The lowest BCUT2D eigenvalue weighted by atomic mass is 9.93. The molecule has 0 aliphatic carbocycles. The third-order valence-corrected chi connectivity index (χ3v) is 8.08. The van der Waals surface area contributed by atoms with E-state index < -0.39 is 5.54 Å². The zero-order valence-corrected chi connectivity index (χ0v) is 24.7. The van der Waals surface area contributed by atoms with Crippen molar-refractivity contribution in [1.29, 1.82) is 0 Å². The summed E-state index contributed by atoms with van der Waals surface area (Å²) in [4.78, 5) is 38.5. The van der Waals surface area contributed by atoms with Crippen LogP contribution in [0.5, 0.6) is 0 Å². The molecule has 9 nitrogen and oxygen atoms in total. The van der Waals surface area contributed by atoms with Crippen molar-refractivity contribution in [1.82, 2.24) is 20.4 Å². The highest BCUT2D eigenvalue weighted by atomic mass is 32.1. The molecule has 0 spiro atoms. The van der Waals surface area contributed by atoms with Gasteiger partial charge in [0.25, 0.3) is 5.91 Å². The lowest BCUT2D eigenvalue weighted by molar-refractivity contribution is -0.133. The second kappa shape index (κ2) is 11.9. The molecule has 3 amide bonds. The minimum atomic E-state index is -0.919. The smallest absolute Gasteiger partial charge is 0.257 e. The van der Waals surface area contributed by atoms with Gasteiger partial charge in [-0.1, -0.05) is 26.8 Å². The number of carbonyl (C=O) groups excluding carboxylic acids is 3. The summed E-state index contributed by atoms with van der Waals surface area (Å²) in [5.74, 6) is -0.408. The topological polar surface area (TPSA) is 116 Å². The molecule has 2 aromatic heterocycles. The van der Waals surface area contributed by atoms with E-state index in [0.29, 0.717) is 30.1 Å². The van der Waals surface area contributed by atoms with E-state index in [1.807, 2.05) is 32.2 Å². The maximum atomic E-state index is 13.0. The molecule has 0 saturated carbocycles. The SMILES string of the molecule is CC(C)(C)c1cc(C(=O)N2CCNC(=O)C2(C)C)c(NC=O)s1.CNc1ccc(C)c(-c2ccc(C)nn2)c1. The van der Waals surface area contributed by atoms with Crippen LogP contribution in [0.2, 0.25) is 0 Å². The lowest BCUT2D eigenvalue weighted by Gasteiger charge is -2.41. The number of hydrogen-bond acceptors (Lipinski definition) is 7. The van der Waals surface area contributed by atoms with Crippen LogP contribution in [-0.4, -0.2) is 59.0 Å². The van der Waals surface area contributed by atoms with Crippen LogP contribution in [0.1, 0.15) is 61.1 Å². The summed E-state index contributed by atoms with van der Waals surface area (Å²) in [5.41, 5.74) is 4.66. The fraction of sp³-hybridized carbons (Fsp3) is 0.414. The molecule has 4 rings (SSSR count). The summed E-state index contributed by atoms with van der Waals surface area (Å²) in [7, 11) is 1.91. The number of hydrogen-bond donors (Lipinski definition) is 3. The van der Waals surface area contributed by atoms with Crippen LogP contribution in [0.3, 0.4) is 0 Å². The van der Waals surface area contributed by atoms with Crippen molar-refractivity contribution < 1.29 is 14.4 Å². The number of piperazine rings is 1. The molecule has 3 N–H and O–H groups in total. The fourth-order valence-corrected chi connectivity index (χ4v) is 5.14. The molecular weight excluding hydrogens is 512 g/mol. The van der Waals surface area contributed by atoms with Crippen molar-refractivity contribution in [2.24, 2.45) is 0 Å². The third kappa shape index (κ3) is 6.81. The maximum absolute atomic E-state index is 13.0. The van der Waals surface area contributed by atoms with Crippen molar-refractivity contribution in [3.05, 3.63) is 58.1 Å². The Hall–Kier alpha value is -3.79. The first-order valence-corrected chi connectivity index (χ1v) is 13.6. The average molecular weight is 551 g/mol. The van der Waals surface area contributed by atoms with Crippen molar-refractivity contribution in [3.8, 4) is 11.3 Å². The van der Waals surface area contributed by atoms with Gasteiger partial charge < -0.3 is 20.9 Å². The molecule has 3 heterocycles.